The van der Waals surface area contributed by atoms with Gasteiger partial charge in [-0.05, 0) is 35.9 Å². The third kappa shape index (κ3) is 5.83. The average molecular weight is 459 g/mol. The Hall–Kier alpha value is -3.37. The second-order valence-electron chi connectivity index (χ2n) is 6.27. The Bertz CT molecular complexity index is 1060. The van der Waals surface area contributed by atoms with Crippen molar-refractivity contribution in [3.63, 3.8) is 0 Å². The van der Waals surface area contributed by atoms with Crippen LogP contribution in [0.15, 0.2) is 53.4 Å². The fourth-order valence-corrected chi connectivity index (χ4v) is 3.93. The molecule has 0 unspecified atom stereocenters. The number of carboxylic acids is 1. The highest BCUT2D eigenvalue weighted by Gasteiger charge is 2.33. The van der Waals surface area contributed by atoms with Crippen LogP contribution in [0, 0.1) is 0 Å². The summed E-state index contributed by atoms with van der Waals surface area (Å²) in [6.07, 6.45) is 1.59. The average Bonchev–Trinajstić information content (AvgIpc) is 3.00. The zero-order valence-corrected chi connectivity index (χ0v) is 18.0. The van der Waals surface area contributed by atoms with E-state index in [9.17, 15) is 14.4 Å². The number of methoxy groups -OCH3 is 1. The summed E-state index contributed by atoms with van der Waals surface area (Å²) in [5.74, 6) is -1.19. The number of hydrogen-bond acceptors (Lipinski definition) is 7. The van der Waals surface area contributed by atoms with Gasteiger partial charge < -0.3 is 19.9 Å². The minimum atomic E-state index is -1.14. The van der Waals surface area contributed by atoms with Crippen LogP contribution in [-0.4, -0.2) is 52.4 Å². The molecular weight excluding hydrogens is 440 g/mol. The molecule has 2 aromatic rings. The second kappa shape index (κ2) is 10.1. The number of carbonyl (C=O) groups excluding carboxylic acids is 2. The maximum atomic E-state index is 12.4. The van der Waals surface area contributed by atoms with Crippen molar-refractivity contribution in [2.24, 2.45) is 0 Å². The Morgan fingerprint density at radius 3 is 2.61 bits per heavy atom. The largest absolute Gasteiger partial charge is 0.493 e. The first-order chi connectivity index (χ1) is 14.9. The Labute approximate surface area is 187 Å². The summed E-state index contributed by atoms with van der Waals surface area (Å²) in [5.41, 5.74) is 1.30. The minimum absolute atomic E-state index is 0.190. The van der Waals surface area contributed by atoms with Gasteiger partial charge in [0.2, 0.25) is 0 Å². The summed E-state index contributed by atoms with van der Waals surface area (Å²) in [6, 6.07) is 14.0. The van der Waals surface area contributed by atoms with E-state index in [1.165, 1.54) is 7.11 Å². The van der Waals surface area contributed by atoms with Crippen molar-refractivity contribution in [2.45, 2.75) is 0 Å². The molecule has 1 heterocycles. The lowest BCUT2D eigenvalue weighted by Gasteiger charge is -2.12. The molecule has 2 amide bonds. The summed E-state index contributed by atoms with van der Waals surface area (Å²) in [4.78, 5) is 36.7. The number of nitrogens with zero attached hydrogens (tertiary/aromatic N) is 1. The summed E-state index contributed by atoms with van der Waals surface area (Å²) in [5, 5.41) is 11.6. The number of para-hydroxylation sites is 1. The van der Waals surface area contributed by atoms with Gasteiger partial charge in [-0.25, -0.2) is 0 Å². The number of carbonyl (C=O) groups is 3. The van der Waals surface area contributed by atoms with E-state index in [1.807, 2.05) is 18.2 Å². The molecule has 160 valence electrons. The Balaban J connectivity index is 1.68. The second-order valence-corrected chi connectivity index (χ2v) is 7.95. The molecule has 0 radical (unpaired) electrons. The molecule has 0 saturated carbocycles. The van der Waals surface area contributed by atoms with Gasteiger partial charge in [0.05, 0.1) is 12.0 Å². The number of rotatable bonds is 8. The molecule has 1 aliphatic heterocycles. The normalized spacial score (nSPS) is 14.6. The van der Waals surface area contributed by atoms with Crippen molar-refractivity contribution in [3.8, 4) is 11.5 Å². The zero-order chi connectivity index (χ0) is 22.4. The summed E-state index contributed by atoms with van der Waals surface area (Å²) in [7, 11) is 1.46. The molecule has 0 bridgehead atoms. The van der Waals surface area contributed by atoms with Gasteiger partial charge in [-0.2, -0.15) is 0 Å². The smallest absolute Gasteiger partial charge is 0.323 e. The third-order valence-electron chi connectivity index (χ3n) is 4.07. The first-order valence-electron chi connectivity index (χ1n) is 9.00. The van der Waals surface area contributed by atoms with Crippen molar-refractivity contribution in [2.75, 3.05) is 25.6 Å². The van der Waals surface area contributed by atoms with Crippen LogP contribution >= 0.6 is 24.0 Å². The first kappa shape index (κ1) is 22.3. The quantitative estimate of drug-likeness (QED) is 0.460. The van der Waals surface area contributed by atoms with Gasteiger partial charge >= 0.3 is 5.97 Å². The van der Waals surface area contributed by atoms with Gasteiger partial charge in [-0.3, -0.25) is 19.3 Å². The maximum Gasteiger partial charge on any atom is 0.323 e. The lowest BCUT2D eigenvalue weighted by molar-refractivity contribution is -0.140. The fourth-order valence-electron chi connectivity index (χ4n) is 2.68. The molecule has 3 rings (SSSR count). The molecule has 0 atom stereocenters. The van der Waals surface area contributed by atoms with Crippen molar-refractivity contribution >= 4 is 57.8 Å². The molecule has 0 spiro atoms. The molecule has 0 aliphatic carbocycles. The van der Waals surface area contributed by atoms with Crippen molar-refractivity contribution in [1.29, 1.82) is 0 Å². The number of aliphatic carboxylic acids is 1. The molecule has 10 heteroatoms. The lowest BCUT2D eigenvalue weighted by Crippen LogP contribution is -2.33. The predicted octanol–water partition coefficient (Wildman–Crippen LogP) is 3.00. The van der Waals surface area contributed by atoms with E-state index in [-0.39, 0.29) is 16.8 Å². The van der Waals surface area contributed by atoms with E-state index in [0.29, 0.717) is 27.7 Å². The van der Waals surface area contributed by atoms with E-state index in [1.54, 1.807) is 36.4 Å². The molecule has 8 nitrogen and oxygen atoms in total. The highest BCUT2D eigenvalue weighted by Crippen LogP contribution is 2.34. The number of nitrogens with one attached hydrogen (secondary N) is 1. The number of amides is 2. The number of benzene rings is 2. The minimum Gasteiger partial charge on any atom is -0.493 e. The van der Waals surface area contributed by atoms with E-state index in [0.717, 1.165) is 16.7 Å². The highest BCUT2D eigenvalue weighted by molar-refractivity contribution is 8.26. The highest BCUT2D eigenvalue weighted by atomic mass is 32.2. The third-order valence-corrected chi connectivity index (χ3v) is 5.45. The molecule has 0 aromatic heterocycles. The van der Waals surface area contributed by atoms with Gasteiger partial charge in [-0.1, -0.05) is 48.2 Å². The number of thiocarbonyl (C=S) groups is 1. The SMILES string of the molecule is COc1cc(/C=C2/SC(=S)N(CC(=O)O)C2=O)ccc1OCC(=O)Nc1ccccc1. The van der Waals surface area contributed by atoms with Gasteiger partial charge in [0, 0.05) is 5.69 Å². The summed E-state index contributed by atoms with van der Waals surface area (Å²) < 4.78 is 11.1. The molecule has 2 aromatic carbocycles. The molecule has 1 saturated heterocycles. The maximum absolute atomic E-state index is 12.4. The van der Waals surface area contributed by atoms with Crippen LogP contribution in [-0.2, 0) is 14.4 Å². The van der Waals surface area contributed by atoms with Crippen LogP contribution in [0.1, 0.15) is 5.56 Å². The topological polar surface area (TPSA) is 105 Å². The van der Waals surface area contributed by atoms with Crippen molar-refractivity contribution in [3.05, 3.63) is 59.0 Å². The number of hydrogen-bond donors (Lipinski definition) is 2. The fraction of sp³-hybridized carbons (Fsp3) is 0.143. The monoisotopic (exact) mass is 458 g/mol. The van der Waals surface area contributed by atoms with Crippen LogP contribution in [0.25, 0.3) is 6.08 Å². The van der Waals surface area contributed by atoms with E-state index in [4.69, 9.17) is 26.8 Å². The molecule has 1 fully saturated rings. The molecule has 31 heavy (non-hydrogen) atoms. The van der Waals surface area contributed by atoms with Gasteiger partial charge in [0.25, 0.3) is 11.8 Å². The Kier molecular flexibility index (Phi) is 7.27. The zero-order valence-electron chi connectivity index (χ0n) is 16.4. The Morgan fingerprint density at radius 2 is 1.94 bits per heavy atom. The van der Waals surface area contributed by atoms with Crippen LogP contribution in [0.5, 0.6) is 11.5 Å². The lowest BCUT2D eigenvalue weighted by atomic mass is 10.2. The van der Waals surface area contributed by atoms with E-state index in [2.05, 4.69) is 5.32 Å². The van der Waals surface area contributed by atoms with Gasteiger partial charge in [0.1, 0.15) is 10.9 Å². The molecular formula is C21H18N2O6S2. The Morgan fingerprint density at radius 1 is 1.19 bits per heavy atom. The van der Waals surface area contributed by atoms with Gasteiger partial charge in [-0.15, -0.1) is 0 Å². The summed E-state index contributed by atoms with van der Waals surface area (Å²) >= 11 is 6.12. The standard InChI is InChI=1S/C21H18N2O6S2/c1-28-16-9-13(10-17-20(27)23(11-19(25)26)21(30)31-17)7-8-15(16)29-12-18(24)22-14-5-3-2-4-6-14/h2-10H,11-12H2,1H3,(H,22,24)(H,25,26)/b17-10+. The van der Waals surface area contributed by atoms with Crippen LogP contribution < -0.4 is 14.8 Å². The van der Waals surface area contributed by atoms with E-state index >= 15 is 0 Å². The molecule has 1 aliphatic rings. The van der Waals surface area contributed by atoms with Crippen molar-refractivity contribution in [1.82, 2.24) is 4.90 Å². The first-order valence-corrected chi connectivity index (χ1v) is 10.2. The number of anilines is 1. The number of ether oxygens (including phenoxy) is 2. The van der Waals surface area contributed by atoms with Crippen LogP contribution in [0.3, 0.4) is 0 Å². The van der Waals surface area contributed by atoms with Crippen molar-refractivity contribution < 1.29 is 29.0 Å². The van der Waals surface area contributed by atoms with Crippen LogP contribution in [0.4, 0.5) is 5.69 Å². The van der Waals surface area contributed by atoms with Crippen LogP contribution in [0.2, 0.25) is 0 Å². The molecule has 2 N–H and O–H groups in total. The predicted molar refractivity (Wildman–Crippen MR) is 121 cm³/mol. The van der Waals surface area contributed by atoms with Gasteiger partial charge in [0.15, 0.2) is 18.1 Å². The van der Waals surface area contributed by atoms with E-state index < -0.39 is 18.4 Å². The number of carboxylic acid groups (broad SMARTS) is 1. The summed E-state index contributed by atoms with van der Waals surface area (Å²) in [6.45, 7) is -0.693. The number of thioether (sulfide) groups is 1.